The molecule has 1 rings (SSSR count). The van der Waals surface area contributed by atoms with E-state index in [0.717, 1.165) is 52.0 Å². The number of aliphatic hydroxyl groups excluding tert-OH is 1. The Morgan fingerprint density at radius 2 is 1.78 bits per heavy atom. The van der Waals surface area contributed by atoms with Crippen molar-refractivity contribution in [1.29, 1.82) is 0 Å². The van der Waals surface area contributed by atoms with E-state index in [-0.39, 0.29) is 6.09 Å². The largest absolute Gasteiger partial charge is 0.444 e. The van der Waals surface area contributed by atoms with E-state index in [1.54, 1.807) is 4.90 Å². The monoisotopic (exact) mass is 330 g/mol. The number of piperazine rings is 1. The molecular formula is C17H34N2O4. The molecule has 0 bridgehead atoms. The zero-order valence-electron chi connectivity index (χ0n) is 15.2. The summed E-state index contributed by atoms with van der Waals surface area (Å²) in [6.07, 6.45) is 3.08. The number of nitrogens with zero attached hydrogens (tertiary/aromatic N) is 2. The van der Waals surface area contributed by atoms with Crippen LogP contribution in [0.1, 0.15) is 53.4 Å². The van der Waals surface area contributed by atoms with E-state index in [4.69, 9.17) is 9.47 Å². The molecule has 1 aliphatic heterocycles. The molecule has 1 amide bonds. The fraction of sp³-hybridized carbons (Fsp3) is 0.941. The van der Waals surface area contributed by atoms with Crippen molar-refractivity contribution in [2.24, 2.45) is 0 Å². The average Bonchev–Trinajstić information content (AvgIpc) is 2.46. The second-order valence-electron chi connectivity index (χ2n) is 7.07. The van der Waals surface area contributed by atoms with Crippen molar-refractivity contribution in [3.8, 4) is 0 Å². The molecule has 136 valence electrons. The third kappa shape index (κ3) is 9.13. The highest BCUT2D eigenvalue weighted by atomic mass is 16.6. The lowest BCUT2D eigenvalue weighted by Gasteiger charge is -2.35. The van der Waals surface area contributed by atoms with Crippen LogP contribution in [0.15, 0.2) is 0 Å². The molecule has 0 saturated carbocycles. The lowest BCUT2D eigenvalue weighted by molar-refractivity contribution is -0.0994. The van der Waals surface area contributed by atoms with E-state index in [1.165, 1.54) is 0 Å². The van der Waals surface area contributed by atoms with Crippen molar-refractivity contribution in [3.63, 3.8) is 0 Å². The number of ether oxygens (including phenoxy) is 2. The number of aliphatic hydroxyl groups is 1. The van der Waals surface area contributed by atoms with Gasteiger partial charge >= 0.3 is 6.09 Å². The molecule has 0 spiro atoms. The molecule has 1 aliphatic rings. The number of carbonyl (C=O) groups excluding carboxylic acids is 1. The summed E-state index contributed by atoms with van der Waals surface area (Å²) in [4.78, 5) is 16.2. The Labute approximate surface area is 140 Å². The highest BCUT2D eigenvalue weighted by molar-refractivity contribution is 5.68. The fourth-order valence-corrected chi connectivity index (χ4v) is 2.59. The van der Waals surface area contributed by atoms with Crippen LogP contribution in [0.4, 0.5) is 4.79 Å². The van der Waals surface area contributed by atoms with E-state index in [0.29, 0.717) is 13.0 Å². The average molecular weight is 330 g/mol. The first kappa shape index (κ1) is 20.2. The Morgan fingerprint density at radius 3 is 2.35 bits per heavy atom. The Bertz CT molecular complexity index is 336. The summed E-state index contributed by atoms with van der Waals surface area (Å²) >= 11 is 0. The van der Waals surface area contributed by atoms with Gasteiger partial charge in [-0.3, -0.25) is 4.90 Å². The van der Waals surface area contributed by atoms with Gasteiger partial charge in [-0.2, -0.15) is 0 Å². The molecule has 1 unspecified atom stereocenters. The topological polar surface area (TPSA) is 62.2 Å². The first-order chi connectivity index (χ1) is 10.8. The predicted molar refractivity (Wildman–Crippen MR) is 90.3 cm³/mol. The van der Waals surface area contributed by atoms with Crippen molar-refractivity contribution in [2.45, 2.75) is 65.3 Å². The standard InChI is InChI=1S/C17H34N2O4/c1-5-22-15(20)9-7-6-8-10-18-11-13-19(14-12-18)16(21)23-17(2,3)4/h15,20H,5-14H2,1-4H3. The number of carbonyl (C=O) groups is 1. The second-order valence-corrected chi connectivity index (χ2v) is 7.07. The third-order valence-electron chi connectivity index (χ3n) is 3.81. The van der Waals surface area contributed by atoms with Gasteiger partial charge in [0.25, 0.3) is 0 Å². The van der Waals surface area contributed by atoms with Crippen LogP contribution in [-0.4, -0.2) is 72.2 Å². The van der Waals surface area contributed by atoms with E-state index in [9.17, 15) is 9.90 Å². The Morgan fingerprint density at radius 1 is 1.13 bits per heavy atom. The second kappa shape index (κ2) is 10.1. The van der Waals surface area contributed by atoms with Gasteiger partial charge in [0, 0.05) is 32.8 Å². The summed E-state index contributed by atoms with van der Waals surface area (Å²) in [6.45, 7) is 12.4. The van der Waals surface area contributed by atoms with Gasteiger partial charge in [-0.15, -0.1) is 0 Å². The number of unbranched alkanes of at least 4 members (excludes halogenated alkanes) is 2. The molecular weight excluding hydrogens is 296 g/mol. The molecule has 23 heavy (non-hydrogen) atoms. The van der Waals surface area contributed by atoms with Gasteiger partial charge in [-0.1, -0.05) is 6.42 Å². The maximum atomic E-state index is 12.0. The first-order valence-electron chi connectivity index (χ1n) is 8.82. The summed E-state index contributed by atoms with van der Waals surface area (Å²) < 4.78 is 10.5. The molecule has 1 N–H and O–H groups in total. The molecule has 1 fully saturated rings. The minimum absolute atomic E-state index is 0.206. The molecule has 1 saturated heterocycles. The minimum atomic E-state index is -0.614. The van der Waals surface area contributed by atoms with Crippen LogP contribution in [0.2, 0.25) is 0 Å². The van der Waals surface area contributed by atoms with E-state index < -0.39 is 11.9 Å². The molecule has 0 aromatic carbocycles. The number of amides is 1. The van der Waals surface area contributed by atoms with Crippen LogP contribution in [-0.2, 0) is 9.47 Å². The molecule has 1 heterocycles. The lowest BCUT2D eigenvalue weighted by Crippen LogP contribution is -2.50. The maximum absolute atomic E-state index is 12.0. The summed E-state index contributed by atoms with van der Waals surface area (Å²) in [5.74, 6) is 0. The van der Waals surface area contributed by atoms with Crippen LogP contribution < -0.4 is 0 Å². The van der Waals surface area contributed by atoms with Crippen molar-refractivity contribution >= 4 is 6.09 Å². The molecule has 1 atom stereocenters. The summed E-state index contributed by atoms with van der Waals surface area (Å²) in [6, 6.07) is 0. The Hall–Kier alpha value is -0.850. The van der Waals surface area contributed by atoms with E-state index >= 15 is 0 Å². The van der Waals surface area contributed by atoms with Gasteiger partial charge in [-0.05, 0) is 53.5 Å². The zero-order valence-corrected chi connectivity index (χ0v) is 15.2. The van der Waals surface area contributed by atoms with Crippen LogP contribution in [0.5, 0.6) is 0 Å². The molecule has 0 aromatic rings. The van der Waals surface area contributed by atoms with Gasteiger partial charge in [0.15, 0.2) is 6.29 Å². The van der Waals surface area contributed by atoms with Gasteiger partial charge < -0.3 is 19.5 Å². The van der Waals surface area contributed by atoms with Crippen LogP contribution in [0.25, 0.3) is 0 Å². The van der Waals surface area contributed by atoms with Crippen molar-refractivity contribution in [3.05, 3.63) is 0 Å². The molecule has 0 radical (unpaired) electrons. The smallest absolute Gasteiger partial charge is 0.410 e. The number of hydrogen-bond acceptors (Lipinski definition) is 5. The van der Waals surface area contributed by atoms with Crippen molar-refractivity contribution in [2.75, 3.05) is 39.3 Å². The Balaban J connectivity index is 2.09. The SMILES string of the molecule is CCOC(O)CCCCCN1CCN(C(=O)OC(C)(C)C)CC1. The molecule has 0 aromatic heterocycles. The first-order valence-corrected chi connectivity index (χ1v) is 8.82. The van der Waals surface area contributed by atoms with Crippen molar-refractivity contribution in [1.82, 2.24) is 9.80 Å². The van der Waals surface area contributed by atoms with Gasteiger partial charge in [0.1, 0.15) is 5.60 Å². The minimum Gasteiger partial charge on any atom is -0.444 e. The summed E-state index contributed by atoms with van der Waals surface area (Å²) in [5, 5.41) is 9.48. The summed E-state index contributed by atoms with van der Waals surface area (Å²) in [5.41, 5.74) is -0.430. The zero-order chi connectivity index (χ0) is 17.3. The fourth-order valence-electron chi connectivity index (χ4n) is 2.59. The summed E-state index contributed by atoms with van der Waals surface area (Å²) in [7, 11) is 0. The maximum Gasteiger partial charge on any atom is 0.410 e. The lowest BCUT2D eigenvalue weighted by atomic mass is 10.1. The number of hydrogen-bond donors (Lipinski definition) is 1. The quantitative estimate of drug-likeness (QED) is 0.547. The van der Waals surface area contributed by atoms with Gasteiger partial charge in [0.05, 0.1) is 0 Å². The Kier molecular flexibility index (Phi) is 8.87. The highest BCUT2D eigenvalue weighted by Gasteiger charge is 2.25. The van der Waals surface area contributed by atoms with Crippen molar-refractivity contribution < 1.29 is 19.4 Å². The number of rotatable bonds is 8. The predicted octanol–water partition coefficient (Wildman–Crippen LogP) is 2.45. The molecule has 6 nitrogen and oxygen atoms in total. The van der Waals surface area contributed by atoms with Gasteiger partial charge in [-0.25, -0.2) is 4.79 Å². The van der Waals surface area contributed by atoms with Gasteiger partial charge in [0.2, 0.25) is 0 Å². The highest BCUT2D eigenvalue weighted by Crippen LogP contribution is 2.12. The van der Waals surface area contributed by atoms with E-state index in [2.05, 4.69) is 4.90 Å². The normalized spacial score (nSPS) is 18.0. The van der Waals surface area contributed by atoms with Crippen LogP contribution in [0, 0.1) is 0 Å². The molecule has 0 aliphatic carbocycles. The third-order valence-corrected chi connectivity index (χ3v) is 3.81. The molecule has 6 heteroatoms. The van der Waals surface area contributed by atoms with Crippen LogP contribution in [0.3, 0.4) is 0 Å². The van der Waals surface area contributed by atoms with Crippen LogP contribution >= 0.6 is 0 Å². The van der Waals surface area contributed by atoms with E-state index in [1.807, 2.05) is 27.7 Å².